The Bertz CT molecular complexity index is 671. The second-order valence-electron chi connectivity index (χ2n) is 6.09. The monoisotopic (exact) mass is 380 g/mol. The zero-order valence-electron chi connectivity index (χ0n) is 14.6. The summed E-state index contributed by atoms with van der Waals surface area (Å²) in [6, 6.07) is 1.04. The number of methoxy groups -OCH3 is 1. The number of rotatable bonds is 6. The van der Waals surface area contributed by atoms with E-state index in [0.29, 0.717) is 6.07 Å². The van der Waals surface area contributed by atoms with Gasteiger partial charge in [-0.05, 0) is 20.8 Å². The SMILES string of the molecule is COCCOc1cc(NC(=O)OC(C)(C)C)c([N+](=O)[O-])cc1C(F)(F)F. The van der Waals surface area contributed by atoms with Crippen molar-refractivity contribution in [1.82, 2.24) is 0 Å². The summed E-state index contributed by atoms with van der Waals surface area (Å²) >= 11 is 0. The van der Waals surface area contributed by atoms with E-state index < -0.39 is 45.5 Å². The number of anilines is 1. The van der Waals surface area contributed by atoms with Crippen LogP contribution in [0.1, 0.15) is 26.3 Å². The zero-order valence-corrected chi connectivity index (χ0v) is 14.6. The van der Waals surface area contributed by atoms with Crippen LogP contribution in [0.4, 0.5) is 29.3 Å². The number of carbonyl (C=O) groups is 1. The fraction of sp³-hybridized carbons (Fsp3) is 0.533. The fourth-order valence-electron chi connectivity index (χ4n) is 1.81. The lowest BCUT2D eigenvalue weighted by molar-refractivity contribution is -0.384. The fourth-order valence-corrected chi connectivity index (χ4v) is 1.81. The molecule has 0 unspecified atom stereocenters. The van der Waals surface area contributed by atoms with E-state index in [4.69, 9.17) is 14.2 Å². The number of alkyl halides is 3. The molecule has 1 N–H and O–H groups in total. The number of nitro groups is 1. The topological polar surface area (TPSA) is 99.9 Å². The van der Waals surface area contributed by atoms with Crippen molar-refractivity contribution < 1.29 is 37.1 Å². The molecule has 146 valence electrons. The maximum atomic E-state index is 13.2. The second-order valence-corrected chi connectivity index (χ2v) is 6.09. The molecule has 0 radical (unpaired) electrons. The van der Waals surface area contributed by atoms with Gasteiger partial charge in [-0.2, -0.15) is 13.2 Å². The number of amides is 1. The van der Waals surface area contributed by atoms with E-state index in [1.807, 2.05) is 0 Å². The number of ether oxygens (including phenoxy) is 3. The first-order valence-corrected chi connectivity index (χ1v) is 7.36. The molecule has 26 heavy (non-hydrogen) atoms. The molecule has 0 aliphatic heterocycles. The van der Waals surface area contributed by atoms with Crippen LogP contribution < -0.4 is 10.1 Å². The Labute approximate surface area is 147 Å². The van der Waals surface area contributed by atoms with Crippen molar-refractivity contribution in [3.63, 3.8) is 0 Å². The quantitative estimate of drug-likeness (QED) is 0.455. The van der Waals surface area contributed by atoms with Crippen LogP contribution in [0.2, 0.25) is 0 Å². The van der Waals surface area contributed by atoms with Gasteiger partial charge in [-0.3, -0.25) is 15.4 Å². The van der Waals surface area contributed by atoms with Crippen molar-refractivity contribution in [1.29, 1.82) is 0 Å². The van der Waals surface area contributed by atoms with E-state index in [0.717, 1.165) is 6.07 Å². The van der Waals surface area contributed by atoms with Crippen molar-refractivity contribution >= 4 is 17.5 Å². The summed E-state index contributed by atoms with van der Waals surface area (Å²) in [5.41, 5.74) is -3.66. The summed E-state index contributed by atoms with van der Waals surface area (Å²) in [5, 5.41) is 13.2. The number of hydrogen-bond acceptors (Lipinski definition) is 6. The van der Waals surface area contributed by atoms with Crippen LogP contribution in [0.25, 0.3) is 0 Å². The summed E-state index contributed by atoms with van der Waals surface area (Å²) in [7, 11) is 1.33. The van der Waals surface area contributed by atoms with Gasteiger partial charge in [0.05, 0.1) is 11.5 Å². The molecule has 0 atom stereocenters. The number of carbonyl (C=O) groups excluding carboxylic acids is 1. The molecule has 1 aromatic rings. The number of nitrogens with zero attached hydrogens (tertiary/aromatic N) is 1. The van der Waals surface area contributed by atoms with E-state index in [1.54, 1.807) is 20.8 Å². The molecule has 0 aliphatic rings. The van der Waals surface area contributed by atoms with Crippen LogP contribution in [-0.2, 0) is 15.7 Å². The lowest BCUT2D eigenvalue weighted by Gasteiger charge is -2.20. The highest BCUT2D eigenvalue weighted by Crippen LogP contribution is 2.42. The molecule has 8 nitrogen and oxygen atoms in total. The standard InChI is InChI=1S/C15H19F3N2O6/c1-14(2,3)26-13(21)19-10-8-12(25-6-5-24-4)9(15(16,17)18)7-11(10)20(22)23/h7-8H,5-6H2,1-4H3,(H,19,21). The number of hydrogen-bond donors (Lipinski definition) is 1. The highest BCUT2D eigenvalue weighted by molar-refractivity contribution is 5.88. The third-order valence-corrected chi connectivity index (χ3v) is 2.78. The van der Waals surface area contributed by atoms with Crippen LogP contribution in [-0.4, -0.2) is 36.9 Å². The minimum atomic E-state index is -4.89. The van der Waals surface area contributed by atoms with Gasteiger partial charge in [-0.25, -0.2) is 4.79 Å². The summed E-state index contributed by atoms with van der Waals surface area (Å²) in [6.45, 7) is 4.47. The van der Waals surface area contributed by atoms with Gasteiger partial charge in [0.2, 0.25) is 0 Å². The molecule has 1 rings (SSSR count). The van der Waals surface area contributed by atoms with Gasteiger partial charge < -0.3 is 14.2 Å². The molecule has 1 amide bonds. The van der Waals surface area contributed by atoms with Gasteiger partial charge in [-0.1, -0.05) is 0 Å². The van der Waals surface area contributed by atoms with E-state index in [9.17, 15) is 28.1 Å². The number of nitro benzene ring substituents is 1. The first-order valence-electron chi connectivity index (χ1n) is 7.36. The molecular formula is C15H19F3N2O6. The zero-order chi connectivity index (χ0) is 20.1. The maximum absolute atomic E-state index is 13.2. The molecule has 11 heteroatoms. The van der Waals surface area contributed by atoms with Crippen molar-refractivity contribution in [3.05, 3.63) is 27.8 Å². The molecule has 0 spiro atoms. The van der Waals surface area contributed by atoms with Crippen LogP contribution in [0, 0.1) is 10.1 Å². The molecule has 0 saturated heterocycles. The summed E-state index contributed by atoms with van der Waals surface area (Å²) in [6.07, 6.45) is -5.94. The third kappa shape index (κ3) is 6.39. The predicted molar refractivity (Wildman–Crippen MR) is 85.3 cm³/mol. The van der Waals surface area contributed by atoms with E-state index in [2.05, 4.69) is 5.32 Å². The average Bonchev–Trinajstić information content (AvgIpc) is 2.43. The van der Waals surface area contributed by atoms with Crippen LogP contribution >= 0.6 is 0 Å². The smallest absolute Gasteiger partial charge is 0.420 e. The van der Waals surface area contributed by atoms with Gasteiger partial charge in [0.1, 0.15) is 29.2 Å². The van der Waals surface area contributed by atoms with Gasteiger partial charge in [-0.15, -0.1) is 0 Å². The number of nitrogens with one attached hydrogen (secondary N) is 1. The summed E-state index contributed by atoms with van der Waals surface area (Å²) < 4.78 is 54.2. The molecule has 0 bridgehead atoms. The maximum Gasteiger partial charge on any atom is 0.420 e. The lowest BCUT2D eigenvalue weighted by Crippen LogP contribution is -2.27. The van der Waals surface area contributed by atoms with Crippen LogP contribution in [0.3, 0.4) is 0 Å². The van der Waals surface area contributed by atoms with Crippen molar-refractivity contribution in [2.45, 2.75) is 32.5 Å². The highest BCUT2D eigenvalue weighted by atomic mass is 19.4. The third-order valence-electron chi connectivity index (χ3n) is 2.78. The largest absolute Gasteiger partial charge is 0.490 e. The first kappa shape index (κ1) is 21.5. The van der Waals surface area contributed by atoms with Crippen molar-refractivity contribution in [2.75, 3.05) is 25.6 Å². The predicted octanol–water partition coefficient (Wildman–Crippen LogP) is 3.99. The molecule has 0 fully saturated rings. The Morgan fingerprint density at radius 3 is 2.31 bits per heavy atom. The molecule has 0 aliphatic carbocycles. The first-order chi connectivity index (χ1) is 11.8. The van der Waals surface area contributed by atoms with Crippen LogP contribution in [0.15, 0.2) is 12.1 Å². The minimum Gasteiger partial charge on any atom is -0.490 e. The van der Waals surface area contributed by atoms with Gasteiger partial charge in [0, 0.05) is 19.2 Å². The van der Waals surface area contributed by atoms with E-state index >= 15 is 0 Å². The Hall–Kier alpha value is -2.56. The summed E-state index contributed by atoms with van der Waals surface area (Å²) in [5.74, 6) is -0.675. The Morgan fingerprint density at radius 1 is 1.23 bits per heavy atom. The van der Waals surface area contributed by atoms with Gasteiger partial charge in [0.25, 0.3) is 5.69 Å². The average molecular weight is 380 g/mol. The van der Waals surface area contributed by atoms with Crippen LogP contribution in [0.5, 0.6) is 5.75 Å². The molecular weight excluding hydrogens is 361 g/mol. The molecule has 0 heterocycles. The van der Waals surface area contributed by atoms with Gasteiger partial charge in [0.15, 0.2) is 0 Å². The van der Waals surface area contributed by atoms with Crippen molar-refractivity contribution in [3.8, 4) is 5.75 Å². The Morgan fingerprint density at radius 2 is 1.85 bits per heavy atom. The molecule has 0 saturated carbocycles. The minimum absolute atomic E-state index is 0.00309. The number of halogens is 3. The Kier molecular flexibility index (Phi) is 6.79. The molecule has 1 aromatic carbocycles. The van der Waals surface area contributed by atoms with E-state index in [-0.39, 0.29) is 13.2 Å². The highest BCUT2D eigenvalue weighted by Gasteiger charge is 2.38. The van der Waals surface area contributed by atoms with Crippen molar-refractivity contribution in [2.24, 2.45) is 0 Å². The lowest BCUT2D eigenvalue weighted by atomic mass is 10.1. The van der Waals surface area contributed by atoms with E-state index in [1.165, 1.54) is 7.11 Å². The normalized spacial score (nSPS) is 11.8. The second kappa shape index (κ2) is 8.21. The summed E-state index contributed by atoms with van der Waals surface area (Å²) in [4.78, 5) is 21.9. The molecule has 0 aromatic heterocycles. The number of benzene rings is 1. The Balaban J connectivity index is 3.32. The van der Waals surface area contributed by atoms with Gasteiger partial charge >= 0.3 is 12.3 Å².